The maximum absolute atomic E-state index is 13.4. The van der Waals surface area contributed by atoms with Gasteiger partial charge >= 0.3 is 0 Å². The first kappa shape index (κ1) is 17.9. The summed E-state index contributed by atoms with van der Waals surface area (Å²) in [5, 5.41) is 2.79. The van der Waals surface area contributed by atoms with Crippen molar-refractivity contribution in [3.8, 4) is 5.75 Å². The summed E-state index contributed by atoms with van der Waals surface area (Å²) in [5.41, 5.74) is 1.14. The number of carbonyl (C=O) groups excluding carboxylic acids is 1. The lowest BCUT2D eigenvalue weighted by Crippen LogP contribution is -2.34. The average Bonchev–Trinajstić information content (AvgIpc) is 2.56. The molecule has 2 rings (SSSR count). The molecule has 5 heteroatoms. The zero-order valence-corrected chi connectivity index (χ0v) is 13.8. The molecule has 2 aromatic carbocycles. The van der Waals surface area contributed by atoms with E-state index < -0.39 is 11.6 Å². The molecule has 3 nitrogen and oxygen atoms in total. The third-order valence-corrected chi connectivity index (χ3v) is 3.80. The first-order valence-corrected chi connectivity index (χ1v) is 7.87. The Morgan fingerprint density at radius 2 is 1.83 bits per heavy atom. The molecule has 0 heterocycles. The van der Waals surface area contributed by atoms with E-state index in [9.17, 15) is 13.6 Å². The van der Waals surface area contributed by atoms with Crippen molar-refractivity contribution in [1.29, 1.82) is 0 Å². The van der Waals surface area contributed by atoms with Gasteiger partial charge in [0.05, 0.1) is 0 Å². The van der Waals surface area contributed by atoms with Crippen molar-refractivity contribution < 1.29 is 18.3 Å². The minimum absolute atomic E-state index is 0.168. The predicted molar refractivity (Wildman–Crippen MR) is 88.9 cm³/mol. The van der Waals surface area contributed by atoms with Crippen LogP contribution in [0, 0.1) is 17.6 Å². The number of carbonyl (C=O) groups is 1. The van der Waals surface area contributed by atoms with Crippen LogP contribution in [0.1, 0.15) is 25.3 Å². The molecular formula is C19H21F2NO2. The number of nitrogens with one attached hydrogen (secondary N) is 1. The smallest absolute Gasteiger partial charge is 0.257 e. The molecule has 0 aliphatic rings. The number of rotatable bonds is 7. The average molecular weight is 333 g/mol. The van der Waals surface area contributed by atoms with Crippen LogP contribution in [0.25, 0.3) is 0 Å². The lowest BCUT2D eigenvalue weighted by Gasteiger charge is -2.22. The molecule has 1 unspecified atom stereocenters. The van der Waals surface area contributed by atoms with E-state index in [-0.39, 0.29) is 24.2 Å². The van der Waals surface area contributed by atoms with Gasteiger partial charge in [-0.3, -0.25) is 4.79 Å². The van der Waals surface area contributed by atoms with Crippen molar-refractivity contribution in [2.24, 2.45) is 5.92 Å². The number of amides is 1. The van der Waals surface area contributed by atoms with Gasteiger partial charge in [0.1, 0.15) is 5.82 Å². The standard InChI is InChI=1S/C19H21F2NO2/c1-13(2)16(14-6-4-3-5-7-14)11-22-19(23)12-24-18-10-15(20)8-9-17(18)21/h3-10,13,16H,11-12H2,1-2H3,(H,22,23). The van der Waals surface area contributed by atoms with Gasteiger partial charge in [-0.25, -0.2) is 8.78 Å². The van der Waals surface area contributed by atoms with Crippen LogP contribution in [0.4, 0.5) is 8.78 Å². The number of benzene rings is 2. The predicted octanol–water partition coefficient (Wildman–Crippen LogP) is 3.90. The fourth-order valence-electron chi connectivity index (χ4n) is 2.44. The summed E-state index contributed by atoms with van der Waals surface area (Å²) in [6.07, 6.45) is 0. The molecule has 1 atom stereocenters. The van der Waals surface area contributed by atoms with Crippen LogP contribution < -0.4 is 10.1 Å². The Kier molecular flexibility index (Phi) is 6.29. The van der Waals surface area contributed by atoms with Gasteiger partial charge in [-0.2, -0.15) is 0 Å². The SMILES string of the molecule is CC(C)C(CNC(=O)COc1cc(F)ccc1F)c1ccccc1. The zero-order chi connectivity index (χ0) is 17.5. The van der Waals surface area contributed by atoms with Crippen LogP contribution in [0.3, 0.4) is 0 Å². The second-order valence-electron chi connectivity index (χ2n) is 5.93. The van der Waals surface area contributed by atoms with Gasteiger partial charge in [0.15, 0.2) is 18.2 Å². The van der Waals surface area contributed by atoms with Crippen molar-refractivity contribution >= 4 is 5.91 Å². The van der Waals surface area contributed by atoms with Crippen LogP contribution in [-0.4, -0.2) is 19.1 Å². The number of hydrogen-bond acceptors (Lipinski definition) is 2. The van der Waals surface area contributed by atoms with Gasteiger partial charge in [0, 0.05) is 18.5 Å². The third-order valence-electron chi connectivity index (χ3n) is 3.80. The normalized spacial score (nSPS) is 12.0. The molecule has 0 spiro atoms. The van der Waals surface area contributed by atoms with E-state index >= 15 is 0 Å². The summed E-state index contributed by atoms with van der Waals surface area (Å²) in [7, 11) is 0. The summed E-state index contributed by atoms with van der Waals surface area (Å²) in [5.74, 6) is -1.45. The molecule has 0 aliphatic heterocycles. The second kappa shape index (κ2) is 8.43. The van der Waals surface area contributed by atoms with Gasteiger partial charge in [-0.05, 0) is 23.6 Å². The summed E-state index contributed by atoms with van der Waals surface area (Å²) in [4.78, 5) is 11.9. The molecule has 0 aliphatic carbocycles. The van der Waals surface area contributed by atoms with Crippen molar-refractivity contribution in [1.82, 2.24) is 5.32 Å². The molecule has 1 N–H and O–H groups in total. The van der Waals surface area contributed by atoms with Gasteiger partial charge in [-0.15, -0.1) is 0 Å². The van der Waals surface area contributed by atoms with Crippen molar-refractivity contribution in [2.75, 3.05) is 13.2 Å². The first-order valence-electron chi connectivity index (χ1n) is 7.87. The Labute approximate surface area is 140 Å². The Balaban J connectivity index is 1.88. The molecule has 0 saturated heterocycles. The molecular weight excluding hydrogens is 312 g/mol. The van der Waals surface area contributed by atoms with Gasteiger partial charge in [-0.1, -0.05) is 44.2 Å². The first-order chi connectivity index (χ1) is 11.5. The van der Waals surface area contributed by atoms with E-state index in [4.69, 9.17) is 4.74 Å². The maximum Gasteiger partial charge on any atom is 0.257 e. The van der Waals surface area contributed by atoms with E-state index in [1.165, 1.54) is 0 Å². The highest BCUT2D eigenvalue weighted by Gasteiger charge is 2.17. The fraction of sp³-hybridized carbons (Fsp3) is 0.316. The van der Waals surface area contributed by atoms with Crippen LogP contribution in [0.2, 0.25) is 0 Å². The Morgan fingerprint density at radius 1 is 1.12 bits per heavy atom. The Hall–Kier alpha value is -2.43. The van der Waals surface area contributed by atoms with E-state index in [0.717, 1.165) is 23.8 Å². The third kappa shape index (κ3) is 5.05. The largest absolute Gasteiger partial charge is 0.481 e. The number of halogens is 2. The van der Waals surface area contributed by atoms with E-state index in [1.807, 2.05) is 30.3 Å². The molecule has 128 valence electrons. The van der Waals surface area contributed by atoms with Crippen molar-refractivity contribution in [3.05, 3.63) is 65.7 Å². The lowest BCUT2D eigenvalue weighted by atomic mass is 9.88. The highest BCUT2D eigenvalue weighted by Crippen LogP contribution is 2.23. The maximum atomic E-state index is 13.4. The molecule has 0 saturated carbocycles. The Morgan fingerprint density at radius 3 is 2.50 bits per heavy atom. The van der Waals surface area contributed by atoms with Crippen LogP contribution >= 0.6 is 0 Å². The highest BCUT2D eigenvalue weighted by atomic mass is 19.1. The molecule has 0 bridgehead atoms. The van der Waals surface area contributed by atoms with E-state index in [0.29, 0.717) is 12.5 Å². The minimum atomic E-state index is -0.700. The molecule has 2 aromatic rings. The molecule has 0 fully saturated rings. The lowest BCUT2D eigenvalue weighted by molar-refractivity contribution is -0.123. The summed E-state index contributed by atoms with van der Waals surface area (Å²) in [6, 6.07) is 12.8. The van der Waals surface area contributed by atoms with Crippen LogP contribution in [0.5, 0.6) is 5.75 Å². The highest BCUT2D eigenvalue weighted by molar-refractivity contribution is 5.77. The van der Waals surface area contributed by atoms with Crippen molar-refractivity contribution in [3.63, 3.8) is 0 Å². The Bertz CT molecular complexity index is 674. The van der Waals surface area contributed by atoms with Crippen LogP contribution in [0.15, 0.2) is 48.5 Å². The quantitative estimate of drug-likeness (QED) is 0.834. The van der Waals surface area contributed by atoms with Gasteiger partial charge in [0.25, 0.3) is 5.91 Å². The molecule has 0 radical (unpaired) electrons. The summed E-state index contributed by atoms with van der Waals surface area (Å²) >= 11 is 0. The van der Waals surface area contributed by atoms with Crippen molar-refractivity contribution in [2.45, 2.75) is 19.8 Å². The zero-order valence-electron chi connectivity index (χ0n) is 13.8. The number of ether oxygens (including phenoxy) is 1. The molecule has 0 aromatic heterocycles. The van der Waals surface area contributed by atoms with E-state index in [1.54, 1.807) is 0 Å². The van der Waals surface area contributed by atoms with Gasteiger partial charge < -0.3 is 10.1 Å². The fourth-order valence-corrected chi connectivity index (χ4v) is 2.44. The molecule has 1 amide bonds. The number of hydrogen-bond donors (Lipinski definition) is 1. The molecule has 24 heavy (non-hydrogen) atoms. The summed E-state index contributed by atoms with van der Waals surface area (Å²) in [6.45, 7) is 4.26. The minimum Gasteiger partial charge on any atom is -0.481 e. The topological polar surface area (TPSA) is 38.3 Å². The monoisotopic (exact) mass is 333 g/mol. The van der Waals surface area contributed by atoms with Crippen LogP contribution in [-0.2, 0) is 4.79 Å². The van der Waals surface area contributed by atoms with Gasteiger partial charge in [0.2, 0.25) is 0 Å². The second-order valence-corrected chi connectivity index (χ2v) is 5.93. The van der Waals surface area contributed by atoms with E-state index in [2.05, 4.69) is 19.2 Å². The summed E-state index contributed by atoms with van der Waals surface area (Å²) < 4.78 is 31.5.